The van der Waals surface area contributed by atoms with E-state index in [1.54, 1.807) is 11.7 Å². The first-order valence-electron chi connectivity index (χ1n) is 12.5. The SMILES string of the molecule is COc1cccc(-n2c(N3CCC[C@@H](C(=O)NCCC4=CCCCC4)C3)nc3ccsc3c2=O)c1. The highest BCUT2D eigenvalue weighted by Crippen LogP contribution is 2.28. The van der Waals surface area contributed by atoms with Crippen LogP contribution in [0, 0.1) is 5.92 Å². The van der Waals surface area contributed by atoms with Gasteiger partial charge in [-0.2, -0.15) is 0 Å². The Labute approximate surface area is 209 Å². The van der Waals surface area contributed by atoms with Crippen molar-refractivity contribution in [3.05, 3.63) is 57.7 Å². The van der Waals surface area contributed by atoms with Crippen LogP contribution in [-0.2, 0) is 4.79 Å². The normalized spacial score (nSPS) is 18.4. The molecule has 7 nitrogen and oxygen atoms in total. The van der Waals surface area contributed by atoms with E-state index in [0.29, 0.717) is 40.7 Å². The van der Waals surface area contributed by atoms with Gasteiger partial charge >= 0.3 is 0 Å². The van der Waals surface area contributed by atoms with Crippen molar-refractivity contribution in [1.29, 1.82) is 0 Å². The topological polar surface area (TPSA) is 76.5 Å². The van der Waals surface area contributed by atoms with E-state index in [0.717, 1.165) is 38.6 Å². The number of nitrogens with zero attached hydrogens (tertiary/aromatic N) is 3. The number of benzene rings is 1. The number of methoxy groups -OCH3 is 1. The summed E-state index contributed by atoms with van der Waals surface area (Å²) in [5.41, 5.74) is 2.78. The first-order valence-corrected chi connectivity index (χ1v) is 13.4. The van der Waals surface area contributed by atoms with E-state index in [4.69, 9.17) is 9.72 Å². The lowest BCUT2D eigenvalue weighted by Gasteiger charge is -2.34. The number of piperidine rings is 1. The third-order valence-corrected chi connectivity index (χ3v) is 7.87. The summed E-state index contributed by atoms with van der Waals surface area (Å²) < 4.78 is 7.69. The Kier molecular flexibility index (Phi) is 7.18. The monoisotopic (exact) mass is 492 g/mol. The number of carbonyl (C=O) groups is 1. The van der Waals surface area contributed by atoms with Crippen molar-refractivity contribution in [3.63, 3.8) is 0 Å². The molecule has 1 aromatic carbocycles. The first kappa shape index (κ1) is 23.6. The van der Waals surface area contributed by atoms with Gasteiger partial charge < -0.3 is 15.0 Å². The summed E-state index contributed by atoms with van der Waals surface area (Å²) in [6.45, 7) is 1.98. The standard InChI is InChI=1S/C27H32N4O3S/c1-34-22-11-5-10-21(17-22)31-26(33)24-23(13-16-35-24)29-27(31)30-15-6-9-20(18-30)25(32)28-14-12-19-7-3-2-4-8-19/h5,7,10-11,13,16-17,20H,2-4,6,8-9,12,14-15,18H2,1H3,(H,28,32)/t20-/m1/s1. The van der Waals surface area contributed by atoms with Gasteiger partial charge in [-0.25, -0.2) is 9.55 Å². The third-order valence-electron chi connectivity index (χ3n) is 6.98. The molecule has 1 fully saturated rings. The number of nitrogens with one attached hydrogen (secondary N) is 1. The van der Waals surface area contributed by atoms with Crippen LogP contribution in [-0.4, -0.2) is 42.2 Å². The van der Waals surface area contributed by atoms with Gasteiger partial charge in [0.15, 0.2) is 0 Å². The molecule has 1 atom stereocenters. The van der Waals surface area contributed by atoms with Gasteiger partial charge in [0.25, 0.3) is 5.56 Å². The van der Waals surface area contributed by atoms with E-state index in [9.17, 15) is 9.59 Å². The number of ether oxygens (including phenoxy) is 1. The molecule has 35 heavy (non-hydrogen) atoms. The van der Waals surface area contributed by atoms with Crippen molar-refractivity contribution in [2.24, 2.45) is 5.92 Å². The van der Waals surface area contributed by atoms with Crippen molar-refractivity contribution in [2.45, 2.75) is 44.9 Å². The van der Waals surface area contributed by atoms with E-state index >= 15 is 0 Å². The molecule has 1 aliphatic carbocycles. The number of allylic oxidation sites excluding steroid dienone is 1. The number of hydrogen-bond acceptors (Lipinski definition) is 6. The van der Waals surface area contributed by atoms with E-state index < -0.39 is 0 Å². The highest BCUT2D eigenvalue weighted by molar-refractivity contribution is 7.17. The minimum atomic E-state index is -0.127. The molecule has 5 rings (SSSR count). The van der Waals surface area contributed by atoms with Crippen LogP contribution in [0.15, 0.2) is 52.2 Å². The number of fused-ring (bicyclic) bond motifs is 1. The number of hydrogen-bond donors (Lipinski definition) is 1. The Balaban J connectivity index is 1.38. The van der Waals surface area contributed by atoms with Gasteiger partial charge in [0.05, 0.1) is 24.2 Å². The molecule has 2 aromatic heterocycles. The van der Waals surface area contributed by atoms with Gasteiger partial charge in [-0.15, -0.1) is 11.3 Å². The second kappa shape index (κ2) is 10.6. The van der Waals surface area contributed by atoms with Gasteiger partial charge in [0, 0.05) is 25.7 Å². The molecule has 0 bridgehead atoms. The molecule has 1 saturated heterocycles. The van der Waals surface area contributed by atoms with Gasteiger partial charge in [-0.05, 0) is 68.5 Å². The van der Waals surface area contributed by atoms with Crippen molar-refractivity contribution in [1.82, 2.24) is 14.9 Å². The summed E-state index contributed by atoms with van der Waals surface area (Å²) in [4.78, 5) is 33.6. The summed E-state index contributed by atoms with van der Waals surface area (Å²) in [7, 11) is 1.61. The Bertz CT molecular complexity index is 1300. The molecule has 0 radical (unpaired) electrons. The number of rotatable bonds is 7. The second-order valence-electron chi connectivity index (χ2n) is 9.32. The van der Waals surface area contributed by atoms with Crippen LogP contribution in [0.5, 0.6) is 5.75 Å². The minimum Gasteiger partial charge on any atom is -0.497 e. The van der Waals surface area contributed by atoms with Crippen LogP contribution < -0.4 is 20.5 Å². The first-order chi connectivity index (χ1) is 17.1. The summed E-state index contributed by atoms with van der Waals surface area (Å²) in [6.07, 6.45) is 9.85. The average molecular weight is 493 g/mol. The van der Waals surface area contributed by atoms with Crippen molar-refractivity contribution >= 4 is 33.4 Å². The van der Waals surface area contributed by atoms with Crippen LogP contribution in [0.2, 0.25) is 0 Å². The molecule has 1 N–H and O–H groups in total. The van der Waals surface area contributed by atoms with E-state index in [2.05, 4.69) is 16.3 Å². The Hall–Kier alpha value is -3.13. The molecule has 184 valence electrons. The fraction of sp³-hybridized carbons (Fsp3) is 0.444. The Morgan fingerprint density at radius 1 is 1.26 bits per heavy atom. The zero-order chi connectivity index (χ0) is 24.2. The molecule has 1 amide bonds. The summed E-state index contributed by atoms with van der Waals surface area (Å²) >= 11 is 1.40. The molecule has 0 saturated carbocycles. The lowest BCUT2D eigenvalue weighted by atomic mass is 9.96. The number of anilines is 1. The quantitative estimate of drug-likeness (QED) is 0.485. The molecule has 1 aliphatic heterocycles. The number of amides is 1. The number of aromatic nitrogens is 2. The number of carbonyl (C=O) groups excluding carboxylic acids is 1. The van der Waals surface area contributed by atoms with Crippen LogP contribution >= 0.6 is 11.3 Å². The van der Waals surface area contributed by atoms with Crippen molar-refractivity contribution < 1.29 is 9.53 Å². The largest absolute Gasteiger partial charge is 0.497 e. The second-order valence-corrected chi connectivity index (χ2v) is 10.2. The third kappa shape index (κ3) is 5.12. The van der Waals surface area contributed by atoms with Gasteiger partial charge in [0.1, 0.15) is 10.4 Å². The van der Waals surface area contributed by atoms with Crippen LogP contribution in [0.25, 0.3) is 15.9 Å². The maximum Gasteiger partial charge on any atom is 0.277 e. The molecule has 0 spiro atoms. The predicted octanol–water partition coefficient (Wildman–Crippen LogP) is 4.68. The van der Waals surface area contributed by atoms with Crippen LogP contribution in [0.4, 0.5) is 5.95 Å². The molecule has 2 aliphatic rings. The maximum atomic E-state index is 13.5. The predicted molar refractivity (Wildman–Crippen MR) is 141 cm³/mol. The molecule has 3 heterocycles. The highest BCUT2D eigenvalue weighted by Gasteiger charge is 2.29. The van der Waals surface area contributed by atoms with Gasteiger partial charge in [-0.1, -0.05) is 17.7 Å². The lowest BCUT2D eigenvalue weighted by molar-refractivity contribution is -0.125. The van der Waals surface area contributed by atoms with Crippen LogP contribution in [0.3, 0.4) is 0 Å². The Morgan fingerprint density at radius 3 is 3.00 bits per heavy atom. The molecular weight excluding hydrogens is 460 g/mol. The zero-order valence-electron chi connectivity index (χ0n) is 20.2. The molecule has 0 unspecified atom stereocenters. The summed E-state index contributed by atoms with van der Waals surface area (Å²) in [5, 5.41) is 5.06. The van der Waals surface area contributed by atoms with Crippen molar-refractivity contribution in [3.8, 4) is 11.4 Å². The van der Waals surface area contributed by atoms with Crippen LogP contribution in [0.1, 0.15) is 44.9 Å². The molecule has 8 heteroatoms. The number of thiophene rings is 1. The fourth-order valence-electron chi connectivity index (χ4n) is 5.09. The fourth-order valence-corrected chi connectivity index (χ4v) is 5.85. The van der Waals surface area contributed by atoms with Gasteiger partial charge in [0.2, 0.25) is 11.9 Å². The highest BCUT2D eigenvalue weighted by atomic mass is 32.1. The zero-order valence-corrected chi connectivity index (χ0v) is 21.0. The summed E-state index contributed by atoms with van der Waals surface area (Å²) in [6, 6.07) is 9.35. The molecule has 3 aromatic rings. The molecular formula is C27H32N4O3S. The average Bonchev–Trinajstić information content (AvgIpc) is 3.38. The van der Waals surface area contributed by atoms with Gasteiger partial charge in [-0.3, -0.25) is 9.59 Å². The maximum absolute atomic E-state index is 13.5. The smallest absolute Gasteiger partial charge is 0.277 e. The van der Waals surface area contributed by atoms with Crippen molar-refractivity contribution in [2.75, 3.05) is 31.6 Å². The Morgan fingerprint density at radius 2 is 2.17 bits per heavy atom. The van der Waals surface area contributed by atoms with E-state index in [1.165, 1.54) is 29.8 Å². The minimum absolute atomic E-state index is 0.0954. The lowest BCUT2D eigenvalue weighted by Crippen LogP contribution is -2.45. The summed E-state index contributed by atoms with van der Waals surface area (Å²) in [5.74, 6) is 1.23. The van der Waals surface area contributed by atoms with E-state index in [-0.39, 0.29) is 17.4 Å². The van der Waals surface area contributed by atoms with E-state index in [1.807, 2.05) is 35.7 Å².